The van der Waals surface area contributed by atoms with E-state index < -0.39 is 12.0 Å². The summed E-state index contributed by atoms with van der Waals surface area (Å²) in [5.41, 5.74) is 1.18. The number of carboxylic acids is 1. The first-order valence-electron chi connectivity index (χ1n) is 6.33. The SMILES string of the molecule is Cc1ccc(OCCC(NC2CC2)C(=O)O)cc1. The Balaban J connectivity index is 1.75. The molecule has 1 aliphatic carbocycles. The summed E-state index contributed by atoms with van der Waals surface area (Å²) >= 11 is 0. The summed E-state index contributed by atoms with van der Waals surface area (Å²) in [4.78, 5) is 11.0. The van der Waals surface area contributed by atoms with Crippen molar-refractivity contribution >= 4 is 5.97 Å². The Morgan fingerprint density at radius 2 is 2.11 bits per heavy atom. The van der Waals surface area contributed by atoms with Crippen LogP contribution < -0.4 is 10.1 Å². The molecular weight excluding hydrogens is 230 g/mol. The Labute approximate surface area is 107 Å². The molecule has 2 rings (SSSR count). The van der Waals surface area contributed by atoms with E-state index in [2.05, 4.69) is 5.32 Å². The second-order valence-corrected chi connectivity index (χ2v) is 4.78. The van der Waals surface area contributed by atoms with Crippen LogP contribution in [0.1, 0.15) is 24.8 Å². The summed E-state index contributed by atoms with van der Waals surface area (Å²) in [6.07, 6.45) is 2.66. The van der Waals surface area contributed by atoms with Crippen molar-refractivity contribution in [2.45, 2.75) is 38.3 Å². The van der Waals surface area contributed by atoms with Crippen molar-refractivity contribution in [3.05, 3.63) is 29.8 Å². The van der Waals surface area contributed by atoms with Gasteiger partial charge in [-0.05, 0) is 31.9 Å². The molecule has 1 saturated carbocycles. The maximum Gasteiger partial charge on any atom is 0.320 e. The smallest absolute Gasteiger partial charge is 0.320 e. The van der Waals surface area contributed by atoms with Gasteiger partial charge in [-0.15, -0.1) is 0 Å². The van der Waals surface area contributed by atoms with Gasteiger partial charge in [-0.25, -0.2) is 0 Å². The van der Waals surface area contributed by atoms with Crippen molar-refractivity contribution in [2.24, 2.45) is 0 Å². The van der Waals surface area contributed by atoms with Gasteiger partial charge in [0.05, 0.1) is 6.61 Å². The monoisotopic (exact) mass is 249 g/mol. The first-order valence-corrected chi connectivity index (χ1v) is 6.33. The molecule has 1 aromatic carbocycles. The zero-order valence-electron chi connectivity index (χ0n) is 10.6. The van der Waals surface area contributed by atoms with E-state index in [1.165, 1.54) is 5.56 Å². The molecule has 1 aromatic rings. The fraction of sp³-hybridized carbons (Fsp3) is 0.500. The van der Waals surface area contributed by atoms with Gasteiger partial charge in [0.2, 0.25) is 0 Å². The van der Waals surface area contributed by atoms with Crippen molar-refractivity contribution in [1.29, 1.82) is 0 Å². The highest BCUT2D eigenvalue weighted by Crippen LogP contribution is 2.20. The average molecular weight is 249 g/mol. The zero-order valence-corrected chi connectivity index (χ0v) is 10.6. The van der Waals surface area contributed by atoms with Crippen LogP contribution in [0.5, 0.6) is 5.75 Å². The normalized spacial score (nSPS) is 16.3. The molecule has 4 nitrogen and oxygen atoms in total. The summed E-state index contributed by atoms with van der Waals surface area (Å²) in [5.74, 6) is -0.00873. The van der Waals surface area contributed by atoms with E-state index in [1.54, 1.807) is 0 Å². The predicted octanol–water partition coefficient (Wildman–Crippen LogP) is 1.97. The van der Waals surface area contributed by atoms with E-state index in [-0.39, 0.29) is 0 Å². The summed E-state index contributed by atoms with van der Waals surface area (Å²) in [6, 6.07) is 7.66. The molecule has 4 heteroatoms. The maximum atomic E-state index is 11.0. The Bertz CT molecular complexity index is 398. The fourth-order valence-corrected chi connectivity index (χ4v) is 1.74. The van der Waals surface area contributed by atoms with Crippen LogP contribution in [0.4, 0.5) is 0 Å². The molecule has 1 fully saturated rings. The predicted molar refractivity (Wildman–Crippen MR) is 68.9 cm³/mol. The minimum Gasteiger partial charge on any atom is -0.494 e. The van der Waals surface area contributed by atoms with Crippen LogP contribution in [0.3, 0.4) is 0 Å². The highest BCUT2D eigenvalue weighted by Gasteiger charge is 2.27. The molecule has 98 valence electrons. The number of rotatable bonds is 7. The number of carbonyl (C=O) groups is 1. The van der Waals surface area contributed by atoms with Crippen LogP contribution in [-0.2, 0) is 4.79 Å². The van der Waals surface area contributed by atoms with Gasteiger partial charge in [0.1, 0.15) is 11.8 Å². The van der Waals surface area contributed by atoms with Gasteiger partial charge < -0.3 is 15.2 Å². The molecule has 1 atom stereocenters. The number of hydrogen-bond acceptors (Lipinski definition) is 3. The Morgan fingerprint density at radius 3 is 2.67 bits per heavy atom. The Kier molecular flexibility index (Phi) is 4.20. The molecule has 0 amide bonds. The molecule has 18 heavy (non-hydrogen) atoms. The molecule has 1 unspecified atom stereocenters. The highest BCUT2D eigenvalue weighted by atomic mass is 16.5. The zero-order chi connectivity index (χ0) is 13.0. The molecule has 2 N–H and O–H groups in total. The van der Waals surface area contributed by atoms with Crippen LogP contribution >= 0.6 is 0 Å². The van der Waals surface area contributed by atoms with E-state index >= 15 is 0 Å². The minimum absolute atomic E-state index is 0.394. The molecule has 0 bridgehead atoms. The lowest BCUT2D eigenvalue weighted by Gasteiger charge is -2.14. The second-order valence-electron chi connectivity index (χ2n) is 4.78. The Morgan fingerprint density at radius 1 is 1.44 bits per heavy atom. The number of ether oxygens (including phenoxy) is 1. The standard InChI is InChI=1S/C14H19NO3/c1-10-2-6-12(7-3-10)18-9-8-13(14(16)17)15-11-4-5-11/h2-3,6-7,11,13,15H,4-5,8-9H2,1H3,(H,16,17). The van der Waals surface area contributed by atoms with Crippen molar-refractivity contribution in [2.75, 3.05) is 6.61 Å². The molecule has 0 radical (unpaired) electrons. The largest absolute Gasteiger partial charge is 0.494 e. The number of benzene rings is 1. The maximum absolute atomic E-state index is 11.0. The highest BCUT2D eigenvalue weighted by molar-refractivity contribution is 5.73. The second kappa shape index (κ2) is 5.87. The van der Waals surface area contributed by atoms with Crippen molar-refractivity contribution < 1.29 is 14.6 Å². The lowest BCUT2D eigenvalue weighted by molar-refractivity contribution is -0.139. The van der Waals surface area contributed by atoms with Gasteiger partial charge in [0.25, 0.3) is 0 Å². The number of hydrogen-bond donors (Lipinski definition) is 2. The molecular formula is C14H19NO3. The van der Waals surface area contributed by atoms with E-state index in [4.69, 9.17) is 9.84 Å². The molecule has 0 heterocycles. The summed E-state index contributed by atoms with van der Waals surface area (Å²) in [6.45, 7) is 2.43. The summed E-state index contributed by atoms with van der Waals surface area (Å²) < 4.78 is 5.54. The van der Waals surface area contributed by atoms with Crippen LogP contribution in [-0.4, -0.2) is 29.8 Å². The van der Waals surface area contributed by atoms with E-state index in [0.29, 0.717) is 19.1 Å². The lowest BCUT2D eigenvalue weighted by atomic mass is 10.2. The number of carboxylic acid groups (broad SMARTS) is 1. The lowest BCUT2D eigenvalue weighted by Crippen LogP contribution is -2.39. The Hall–Kier alpha value is -1.55. The minimum atomic E-state index is -0.797. The molecule has 0 aromatic heterocycles. The van der Waals surface area contributed by atoms with Gasteiger partial charge in [-0.1, -0.05) is 17.7 Å². The number of aryl methyl sites for hydroxylation is 1. The van der Waals surface area contributed by atoms with Gasteiger partial charge >= 0.3 is 5.97 Å². The van der Waals surface area contributed by atoms with E-state index in [0.717, 1.165) is 18.6 Å². The fourth-order valence-electron chi connectivity index (χ4n) is 1.74. The van der Waals surface area contributed by atoms with E-state index in [9.17, 15) is 4.79 Å². The van der Waals surface area contributed by atoms with Crippen molar-refractivity contribution in [3.8, 4) is 5.75 Å². The quantitative estimate of drug-likeness (QED) is 0.775. The van der Waals surface area contributed by atoms with Crippen molar-refractivity contribution in [1.82, 2.24) is 5.32 Å². The van der Waals surface area contributed by atoms with Gasteiger partial charge in [-0.2, -0.15) is 0 Å². The summed E-state index contributed by atoms with van der Waals surface area (Å²) in [7, 11) is 0. The number of nitrogens with one attached hydrogen (secondary N) is 1. The topological polar surface area (TPSA) is 58.6 Å². The van der Waals surface area contributed by atoms with Crippen LogP contribution in [0.15, 0.2) is 24.3 Å². The van der Waals surface area contributed by atoms with Crippen LogP contribution in [0.2, 0.25) is 0 Å². The third kappa shape index (κ3) is 4.04. The third-order valence-corrected chi connectivity index (χ3v) is 3.01. The molecule has 1 aliphatic rings. The van der Waals surface area contributed by atoms with Gasteiger partial charge in [-0.3, -0.25) is 4.79 Å². The van der Waals surface area contributed by atoms with Crippen LogP contribution in [0, 0.1) is 6.92 Å². The molecule has 0 spiro atoms. The molecule has 0 aliphatic heterocycles. The first kappa shape index (κ1) is 12.9. The number of aliphatic carboxylic acids is 1. The summed E-state index contributed by atoms with van der Waals surface area (Å²) in [5, 5.41) is 12.2. The molecule has 0 saturated heterocycles. The van der Waals surface area contributed by atoms with E-state index in [1.807, 2.05) is 31.2 Å². The van der Waals surface area contributed by atoms with Crippen LogP contribution in [0.25, 0.3) is 0 Å². The third-order valence-electron chi connectivity index (χ3n) is 3.01. The average Bonchev–Trinajstić information content (AvgIpc) is 3.14. The van der Waals surface area contributed by atoms with Gasteiger partial charge in [0, 0.05) is 12.5 Å². The van der Waals surface area contributed by atoms with Crippen molar-refractivity contribution in [3.63, 3.8) is 0 Å². The van der Waals surface area contributed by atoms with Gasteiger partial charge in [0.15, 0.2) is 0 Å². The first-order chi connectivity index (χ1) is 8.65.